The zero-order chi connectivity index (χ0) is 18.8. The van der Waals surface area contributed by atoms with Crippen LogP contribution < -0.4 is 9.47 Å². The lowest BCUT2D eigenvalue weighted by Crippen LogP contribution is -2.18. The first-order chi connectivity index (χ1) is 11.2. The third-order valence-corrected chi connectivity index (χ3v) is 2.58. The van der Waals surface area contributed by atoms with E-state index in [0.717, 1.165) is 28.2 Å². The van der Waals surface area contributed by atoms with Crippen molar-refractivity contribution in [1.29, 1.82) is 5.26 Å². The van der Waals surface area contributed by atoms with Gasteiger partial charge in [-0.1, -0.05) is 61.5 Å². The van der Waals surface area contributed by atoms with E-state index in [9.17, 15) is 0 Å². The van der Waals surface area contributed by atoms with Crippen LogP contribution in [0.5, 0.6) is 11.5 Å². The van der Waals surface area contributed by atoms with Crippen LogP contribution in [0.3, 0.4) is 0 Å². The molecule has 1 aliphatic rings. The molecule has 134 valence electrons. The van der Waals surface area contributed by atoms with Gasteiger partial charge in [-0.25, -0.2) is 0 Å². The van der Waals surface area contributed by atoms with Crippen molar-refractivity contribution in [2.45, 2.75) is 75.7 Å². The van der Waals surface area contributed by atoms with E-state index in [1.165, 1.54) is 0 Å². The minimum Gasteiger partial charge on any atom is -0.486 e. The van der Waals surface area contributed by atoms with Crippen molar-refractivity contribution < 1.29 is 9.47 Å². The van der Waals surface area contributed by atoms with Gasteiger partial charge in [0.2, 0.25) is 0 Å². The zero-order valence-electron chi connectivity index (χ0n) is 17.0. The number of fused-ring (bicyclic) bond motifs is 1. The Bertz CT molecular complexity index is 434. The largest absolute Gasteiger partial charge is 0.486 e. The quantitative estimate of drug-likeness (QED) is 0.613. The fourth-order valence-corrected chi connectivity index (χ4v) is 1.89. The molecule has 0 bridgehead atoms. The topological polar surface area (TPSA) is 42.2 Å². The van der Waals surface area contributed by atoms with Crippen LogP contribution in [0, 0.1) is 25.2 Å². The van der Waals surface area contributed by atoms with Crippen LogP contribution in [0.25, 0.3) is 0 Å². The highest BCUT2D eigenvalue weighted by atomic mass is 16.6. The predicted octanol–water partition coefficient (Wildman–Crippen LogP) is 6.25. The molecule has 0 aromatic heterocycles. The molecule has 0 saturated carbocycles. The maximum absolute atomic E-state index is 8.77. The molecule has 1 aliphatic heterocycles. The molecule has 0 unspecified atom stereocenters. The average molecular weight is 324 g/mol. The summed E-state index contributed by atoms with van der Waals surface area (Å²) in [7, 11) is 0. The molecule has 0 spiro atoms. The van der Waals surface area contributed by atoms with Crippen molar-refractivity contribution in [3.63, 3.8) is 0 Å². The van der Waals surface area contributed by atoms with Crippen molar-refractivity contribution in [3.05, 3.63) is 22.8 Å². The summed E-state index contributed by atoms with van der Waals surface area (Å²) in [5, 5.41) is 8.77. The summed E-state index contributed by atoms with van der Waals surface area (Å²) < 4.78 is 11.2. The van der Waals surface area contributed by atoms with Crippen molar-refractivity contribution in [1.82, 2.24) is 0 Å². The molecule has 0 saturated heterocycles. The van der Waals surface area contributed by atoms with Crippen LogP contribution in [0.1, 0.15) is 72.1 Å². The molecule has 0 radical (unpaired) electrons. The van der Waals surface area contributed by atoms with Gasteiger partial charge in [0, 0.05) is 5.56 Å². The summed E-state index contributed by atoms with van der Waals surface area (Å²) in [6.07, 6.45) is 0.373. The predicted molar refractivity (Wildman–Crippen MR) is 102 cm³/mol. The molecule has 1 heterocycles. The molecule has 0 N–H and O–H groups in total. The van der Waals surface area contributed by atoms with Crippen LogP contribution in [0.2, 0.25) is 0 Å². The molecule has 0 fully saturated rings. The highest BCUT2D eigenvalue weighted by Gasteiger charge is 2.20. The van der Waals surface area contributed by atoms with Gasteiger partial charge in [-0.3, -0.25) is 0 Å². The zero-order valence-corrected chi connectivity index (χ0v) is 17.0. The SMILES string of the molecule is CC.CC.CC.CC.Cc1cc(C)c2c(c1CC#N)OCCO2. The fourth-order valence-electron chi connectivity index (χ4n) is 1.89. The number of benzene rings is 1. The third kappa shape index (κ3) is 8.50. The summed E-state index contributed by atoms with van der Waals surface area (Å²) in [6.45, 7) is 21.1. The van der Waals surface area contributed by atoms with Crippen LogP contribution in [-0.4, -0.2) is 13.2 Å². The average Bonchev–Trinajstić information content (AvgIpc) is 2.65. The lowest BCUT2D eigenvalue weighted by Gasteiger charge is -2.23. The first-order valence-corrected chi connectivity index (χ1v) is 8.99. The van der Waals surface area contributed by atoms with Gasteiger partial charge in [-0.15, -0.1) is 0 Å². The monoisotopic (exact) mass is 323 g/mol. The smallest absolute Gasteiger partial charge is 0.166 e. The van der Waals surface area contributed by atoms with Crippen molar-refractivity contribution in [3.8, 4) is 17.6 Å². The van der Waals surface area contributed by atoms with E-state index >= 15 is 0 Å². The Balaban J connectivity index is -0.000000438. The Morgan fingerprint density at radius 2 is 1.26 bits per heavy atom. The maximum atomic E-state index is 8.77. The normalized spacial score (nSPS) is 9.78. The number of nitriles is 1. The van der Waals surface area contributed by atoms with Crippen molar-refractivity contribution >= 4 is 0 Å². The van der Waals surface area contributed by atoms with E-state index in [1.54, 1.807) is 0 Å². The van der Waals surface area contributed by atoms with E-state index in [1.807, 2.05) is 75.3 Å². The second-order valence-electron chi connectivity index (χ2n) is 3.68. The number of ether oxygens (including phenoxy) is 2. The van der Waals surface area contributed by atoms with Gasteiger partial charge < -0.3 is 9.47 Å². The molecule has 0 atom stereocenters. The molecule has 1 aromatic rings. The molecular weight excluding hydrogens is 286 g/mol. The third-order valence-electron chi connectivity index (χ3n) is 2.58. The standard InChI is InChI=1S/C12H13NO2.4C2H6/c1-8-7-9(2)11-12(10(8)3-4-13)15-6-5-14-11;4*1-2/h7H,3,5-6H2,1-2H3;4*1-2H3. The molecule has 3 nitrogen and oxygen atoms in total. The first kappa shape index (κ1) is 26.2. The van der Waals surface area contributed by atoms with Gasteiger partial charge in [0.15, 0.2) is 11.5 Å². The summed E-state index contributed by atoms with van der Waals surface area (Å²) in [5.74, 6) is 1.57. The Morgan fingerprint density at radius 3 is 1.70 bits per heavy atom. The Hall–Kier alpha value is -1.69. The summed E-state index contributed by atoms with van der Waals surface area (Å²) in [6, 6.07) is 4.20. The summed E-state index contributed by atoms with van der Waals surface area (Å²) in [4.78, 5) is 0. The Morgan fingerprint density at radius 1 is 0.826 bits per heavy atom. The van der Waals surface area contributed by atoms with Gasteiger partial charge in [-0.05, 0) is 25.0 Å². The maximum Gasteiger partial charge on any atom is 0.166 e. The van der Waals surface area contributed by atoms with E-state index in [2.05, 4.69) is 6.07 Å². The second kappa shape index (κ2) is 18.4. The first-order valence-electron chi connectivity index (χ1n) is 8.99. The van der Waals surface area contributed by atoms with Crippen molar-refractivity contribution in [2.75, 3.05) is 13.2 Å². The number of hydrogen-bond acceptors (Lipinski definition) is 3. The lowest BCUT2D eigenvalue weighted by atomic mass is 10.0. The van der Waals surface area contributed by atoms with E-state index < -0.39 is 0 Å². The summed E-state index contributed by atoms with van der Waals surface area (Å²) in [5.41, 5.74) is 3.12. The van der Waals surface area contributed by atoms with Gasteiger partial charge in [0.1, 0.15) is 13.2 Å². The molecule has 0 aliphatic carbocycles. The molecule has 2 rings (SSSR count). The molecule has 1 aromatic carbocycles. The van der Waals surface area contributed by atoms with E-state index in [0.29, 0.717) is 19.6 Å². The molecule has 0 amide bonds. The van der Waals surface area contributed by atoms with Gasteiger partial charge >= 0.3 is 0 Å². The van der Waals surface area contributed by atoms with E-state index in [4.69, 9.17) is 14.7 Å². The lowest BCUT2D eigenvalue weighted by molar-refractivity contribution is 0.169. The minimum atomic E-state index is 0.373. The van der Waals surface area contributed by atoms with Crippen molar-refractivity contribution in [2.24, 2.45) is 0 Å². The molecule has 23 heavy (non-hydrogen) atoms. The molecular formula is C20H37NO2. The summed E-state index contributed by atoms with van der Waals surface area (Å²) >= 11 is 0. The highest BCUT2D eigenvalue weighted by Crippen LogP contribution is 2.39. The number of rotatable bonds is 1. The second-order valence-corrected chi connectivity index (χ2v) is 3.68. The van der Waals surface area contributed by atoms with Gasteiger partial charge in [-0.2, -0.15) is 5.26 Å². The van der Waals surface area contributed by atoms with Crippen LogP contribution in [0.15, 0.2) is 6.07 Å². The Kier molecular flexibility index (Phi) is 20.9. The van der Waals surface area contributed by atoms with Gasteiger partial charge in [0.25, 0.3) is 0 Å². The molecule has 3 heteroatoms. The fraction of sp³-hybridized carbons (Fsp3) is 0.650. The van der Waals surface area contributed by atoms with Crippen LogP contribution in [-0.2, 0) is 6.42 Å². The van der Waals surface area contributed by atoms with Gasteiger partial charge in [0.05, 0.1) is 12.5 Å². The van der Waals surface area contributed by atoms with Crippen LogP contribution in [0.4, 0.5) is 0 Å². The highest BCUT2D eigenvalue weighted by molar-refractivity contribution is 5.56. The number of nitrogens with zero attached hydrogens (tertiary/aromatic N) is 1. The minimum absolute atomic E-state index is 0.373. The van der Waals surface area contributed by atoms with Crippen LogP contribution >= 0.6 is 0 Å². The number of hydrogen-bond donors (Lipinski definition) is 0. The van der Waals surface area contributed by atoms with E-state index in [-0.39, 0.29) is 0 Å². The Labute approximate surface area is 144 Å². The number of aryl methyl sites for hydroxylation is 2.